The Kier molecular flexibility index (Phi) is 10.1. The first kappa shape index (κ1) is 39.1. The molecule has 0 aromatic heterocycles. The van der Waals surface area contributed by atoms with Crippen LogP contribution in [-0.2, 0) is 41.2 Å². The topological polar surface area (TPSA) is 162 Å². The smallest absolute Gasteiger partial charge is 0.336 e. The van der Waals surface area contributed by atoms with Crippen molar-refractivity contribution in [1.82, 2.24) is 9.64 Å². The summed E-state index contributed by atoms with van der Waals surface area (Å²) in [6.45, 7) is 9.94. The van der Waals surface area contributed by atoms with Gasteiger partial charge in [-0.25, -0.2) is 14.2 Å². The maximum atomic E-state index is 12.7. The van der Waals surface area contributed by atoms with Crippen LogP contribution in [0.1, 0.15) is 116 Å². The third-order valence-electron chi connectivity index (χ3n) is 11.8. The SMILES string of the molecule is CN1c2cc3c(cc2C(CS(=O)(=O)O)=CC1(C)C)C(c1ccccc1C(=O)O)=c1cc2c(cc1C3(C)C)=[N+](CCCCCC(=O)ON1C(=O)CCC1=O)CCC2. The molecule has 56 heavy (non-hydrogen) atoms. The molecule has 294 valence electrons. The van der Waals surface area contributed by atoms with E-state index in [1.165, 1.54) is 0 Å². The number of carbonyl (C=O) groups is 4. The normalized spacial score (nSPS) is 18.2. The zero-order chi connectivity index (χ0) is 40.3. The maximum absolute atomic E-state index is 12.7. The van der Waals surface area contributed by atoms with Crippen molar-refractivity contribution in [2.45, 2.75) is 90.0 Å². The number of hydrogen-bond acceptors (Lipinski definition) is 8. The van der Waals surface area contributed by atoms with Crippen LogP contribution in [0.25, 0.3) is 11.1 Å². The number of carboxylic acid groups (broad SMARTS) is 1. The van der Waals surface area contributed by atoms with Crippen molar-refractivity contribution >= 4 is 50.7 Å². The number of benzene rings is 3. The Morgan fingerprint density at radius 2 is 1.61 bits per heavy atom. The molecule has 0 bridgehead atoms. The number of unbranched alkanes of at least 4 members (excludes halogenated alkanes) is 2. The van der Waals surface area contributed by atoms with E-state index in [2.05, 4.69) is 41.5 Å². The molecule has 4 aliphatic rings. The van der Waals surface area contributed by atoms with Crippen LogP contribution in [0.15, 0.2) is 54.6 Å². The van der Waals surface area contributed by atoms with Crippen molar-refractivity contribution in [2.24, 2.45) is 0 Å². The van der Waals surface area contributed by atoms with E-state index in [1.54, 1.807) is 12.1 Å². The Labute approximate surface area is 326 Å². The molecule has 1 aliphatic carbocycles. The predicted octanol–water partition coefficient (Wildman–Crippen LogP) is 4.38. The molecule has 13 heteroatoms. The van der Waals surface area contributed by atoms with E-state index in [1.807, 2.05) is 45.2 Å². The van der Waals surface area contributed by atoms with Gasteiger partial charge in [-0.2, -0.15) is 8.42 Å². The number of nitrogens with zero attached hydrogens (tertiary/aromatic N) is 3. The molecule has 3 aromatic carbocycles. The minimum atomic E-state index is -4.37. The van der Waals surface area contributed by atoms with Gasteiger partial charge in [-0.3, -0.25) is 14.1 Å². The number of amides is 2. The lowest BCUT2D eigenvalue weighted by molar-refractivity contribution is -0.197. The molecule has 3 aliphatic heterocycles. The van der Waals surface area contributed by atoms with E-state index in [4.69, 9.17) is 4.84 Å². The molecular formula is C43H48N3O9S+. The summed E-state index contributed by atoms with van der Waals surface area (Å²) in [7, 11) is -2.40. The second-order valence-electron chi connectivity index (χ2n) is 16.3. The van der Waals surface area contributed by atoms with Gasteiger partial charge in [0, 0.05) is 67.4 Å². The highest BCUT2D eigenvalue weighted by Gasteiger charge is 2.40. The van der Waals surface area contributed by atoms with Crippen LogP contribution < -0.4 is 20.1 Å². The van der Waals surface area contributed by atoms with Gasteiger partial charge in [0.05, 0.1) is 11.1 Å². The zero-order valence-corrected chi connectivity index (χ0v) is 33.3. The molecule has 3 aromatic rings. The molecule has 0 radical (unpaired) electrons. The highest BCUT2D eigenvalue weighted by molar-refractivity contribution is 7.86. The second-order valence-corrected chi connectivity index (χ2v) is 17.8. The van der Waals surface area contributed by atoms with Crippen LogP contribution >= 0.6 is 0 Å². The van der Waals surface area contributed by atoms with E-state index in [0.29, 0.717) is 28.2 Å². The highest BCUT2D eigenvalue weighted by Crippen LogP contribution is 2.47. The first-order valence-corrected chi connectivity index (χ1v) is 20.8. The largest absolute Gasteiger partial charge is 0.478 e. The number of anilines is 1. The Morgan fingerprint density at radius 3 is 2.30 bits per heavy atom. The number of imide groups is 1. The summed E-state index contributed by atoms with van der Waals surface area (Å²) in [6.07, 6.45) is 5.98. The van der Waals surface area contributed by atoms with E-state index in [9.17, 15) is 37.3 Å². The molecule has 7 rings (SSSR count). The number of hydroxylamine groups is 2. The number of carbonyl (C=O) groups excluding carboxylic acids is 3. The third-order valence-corrected chi connectivity index (χ3v) is 12.5. The summed E-state index contributed by atoms with van der Waals surface area (Å²) >= 11 is 0. The van der Waals surface area contributed by atoms with Crippen LogP contribution in [0.4, 0.5) is 5.69 Å². The minimum Gasteiger partial charge on any atom is -0.478 e. The lowest BCUT2D eigenvalue weighted by atomic mass is 9.67. The number of carboxylic acids is 1. The first-order valence-electron chi connectivity index (χ1n) is 19.2. The molecule has 0 atom stereocenters. The monoisotopic (exact) mass is 782 g/mol. The molecule has 2 amide bonds. The van der Waals surface area contributed by atoms with E-state index >= 15 is 0 Å². The lowest BCUT2D eigenvalue weighted by Gasteiger charge is -2.43. The summed E-state index contributed by atoms with van der Waals surface area (Å²) in [4.78, 5) is 55.8. The molecule has 0 spiro atoms. The fourth-order valence-corrected chi connectivity index (χ4v) is 9.39. The number of aryl methyl sites for hydroxylation is 1. The van der Waals surface area contributed by atoms with Gasteiger partial charge in [0.15, 0.2) is 0 Å². The average molecular weight is 783 g/mol. The number of rotatable bonds is 11. The molecule has 12 nitrogen and oxygen atoms in total. The maximum Gasteiger partial charge on any atom is 0.336 e. The molecular weight excluding hydrogens is 735 g/mol. The fraction of sp³-hybridized carbons (Fsp3) is 0.419. The molecule has 1 saturated heterocycles. The van der Waals surface area contributed by atoms with Crippen LogP contribution in [0, 0.1) is 0 Å². The molecule has 0 unspecified atom stereocenters. The van der Waals surface area contributed by atoms with Gasteiger partial charge in [0.25, 0.3) is 21.9 Å². The van der Waals surface area contributed by atoms with Gasteiger partial charge in [-0.15, -0.1) is 5.06 Å². The van der Waals surface area contributed by atoms with Crippen molar-refractivity contribution in [1.29, 1.82) is 0 Å². The Morgan fingerprint density at radius 1 is 0.893 bits per heavy atom. The van der Waals surface area contributed by atoms with Crippen molar-refractivity contribution in [2.75, 3.05) is 30.8 Å². The molecule has 0 saturated carbocycles. The van der Waals surface area contributed by atoms with Gasteiger partial charge >= 0.3 is 11.9 Å². The lowest BCUT2D eigenvalue weighted by Crippen LogP contribution is -2.45. The predicted molar refractivity (Wildman–Crippen MR) is 211 cm³/mol. The molecule has 2 N–H and O–H groups in total. The van der Waals surface area contributed by atoms with E-state index < -0.39 is 50.6 Å². The average Bonchev–Trinajstić information content (AvgIpc) is 3.44. The van der Waals surface area contributed by atoms with Crippen molar-refractivity contribution < 1.29 is 42.1 Å². The van der Waals surface area contributed by atoms with E-state index in [0.717, 1.165) is 82.9 Å². The van der Waals surface area contributed by atoms with Gasteiger partial charge < -0.3 is 14.8 Å². The number of likely N-dealkylation sites (N-methyl/N-ethyl adjacent to an activating group) is 1. The van der Waals surface area contributed by atoms with Crippen LogP contribution in [0.2, 0.25) is 0 Å². The molecule has 1 fully saturated rings. The van der Waals surface area contributed by atoms with Crippen molar-refractivity contribution in [3.63, 3.8) is 0 Å². The Bertz CT molecular complexity index is 2470. The second kappa shape index (κ2) is 14.4. The number of hydrogen-bond donors (Lipinski definition) is 2. The highest BCUT2D eigenvalue weighted by atomic mass is 32.2. The van der Waals surface area contributed by atoms with E-state index in [-0.39, 0.29) is 24.8 Å². The fourth-order valence-electron chi connectivity index (χ4n) is 8.76. The van der Waals surface area contributed by atoms with Crippen molar-refractivity contribution in [3.05, 3.63) is 104 Å². The summed E-state index contributed by atoms with van der Waals surface area (Å²) in [5, 5.41) is 13.1. The quantitative estimate of drug-likeness (QED) is 0.124. The third kappa shape index (κ3) is 7.18. The molecule has 3 heterocycles. The number of fused-ring (bicyclic) bond motifs is 4. The summed E-state index contributed by atoms with van der Waals surface area (Å²) in [5.41, 5.74) is 6.31. The van der Waals surface area contributed by atoms with Gasteiger partial charge in [-0.1, -0.05) is 38.1 Å². The minimum absolute atomic E-state index is 0.0566. The standard InChI is InChI=1S/C43H47N3O9S/c1-42(2)24-27(25-56(52,53)54)30-21-32-34(23-36(30)44(42)5)43(3,4)33-22-35-26(20-31(33)40(32)28-13-8-9-14-29(28)41(50)51)12-11-19-45(35)18-10-6-7-15-39(49)55-46-37(47)16-17-38(46)48/h8-9,13-14,20-24H,6-7,10-12,15-19,25H2,1-5H3,(H-,50,51,52,53,54)/p+1. The van der Waals surface area contributed by atoms with Gasteiger partial charge in [0.1, 0.15) is 18.8 Å². The van der Waals surface area contributed by atoms with Crippen molar-refractivity contribution in [3.8, 4) is 0 Å². The number of aromatic carboxylic acids is 1. The van der Waals surface area contributed by atoms with Gasteiger partial charge in [0.2, 0.25) is 5.36 Å². The zero-order valence-electron chi connectivity index (χ0n) is 32.5. The van der Waals surface area contributed by atoms with Crippen LogP contribution in [0.5, 0.6) is 0 Å². The Hall–Kier alpha value is -5.14. The first-order chi connectivity index (χ1) is 26.4. The summed E-state index contributed by atoms with van der Waals surface area (Å²) in [5.74, 6) is -3.18. The summed E-state index contributed by atoms with van der Waals surface area (Å²) < 4.78 is 37.0. The Balaban J connectivity index is 1.33. The van der Waals surface area contributed by atoms with Gasteiger partial charge in [-0.05, 0) is 96.0 Å². The van der Waals surface area contributed by atoms with Crippen LogP contribution in [0.3, 0.4) is 0 Å². The summed E-state index contributed by atoms with van der Waals surface area (Å²) in [6, 6.07) is 15.5. The van der Waals surface area contributed by atoms with Crippen LogP contribution in [-0.4, -0.2) is 78.3 Å².